The zero-order valence-corrected chi connectivity index (χ0v) is 15.9. The molecule has 2 fully saturated rings. The quantitative estimate of drug-likeness (QED) is 0.546. The number of esters is 1. The molecule has 2 saturated heterocycles. The van der Waals surface area contributed by atoms with E-state index in [0.29, 0.717) is 24.3 Å². The van der Waals surface area contributed by atoms with Crippen LogP contribution in [0.15, 0.2) is 21.3 Å². The van der Waals surface area contributed by atoms with Crippen LogP contribution in [0.2, 0.25) is 0 Å². The number of hydrogen-bond acceptors (Lipinski definition) is 5. The lowest BCUT2D eigenvalue weighted by Gasteiger charge is -2.44. The van der Waals surface area contributed by atoms with Crippen molar-refractivity contribution in [3.63, 3.8) is 0 Å². The molecular weight excluding hydrogens is 330 g/mol. The summed E-state index contributed by atoms with van der Waals surface area (Å²) in [6.45, 7) is 4.86. The van der Waals surface area contributed by atoms with Crippen LogP contribution < -0.4 is 5.63 Å². The predicted molar refractivity (Wildman–Crippen MR) is 100 cm³/mol. The minimum absolute atomic E-state index is 0.0144. The minimum atomic E-state index is -0.577. The van der Waals surface area contributed by atoms with Gasteiger partial charge in [-0.1, -0.05) is 26.2 Å². The van der Waals surface area contributed by atoms with Gasteiger partial charge in [-0.05, 0) is 57.3 Å². The van der Waals surface area contributed by atoms with E-state index in [2.05, 4.69) is 11.8 Å². The van der Waals surface area contributed by atoms with Gasteiger partial charge in [0.1, 0.15) is 11.3 Å². The second kappa shape index (κ2) is 9.36. The van der Waals surface area contributed by atoms with Crippen molar-refractivity contribution in [3.8, 4) is 0 Å². The molecule has 1 aromatic heterocycles. The third-order valence-electron chi connectivity index (χ3n) is 5.78. The number of carbonyl (C=O) groups excluding carboxylic acids is 1. The molecule has 0 radical (unpaired) electrons. The van der Waals surface area contributed by atoms with Crippen LogP contribution in [0.25, 0.3) is 0 Å². The Kier molecular flexibility index (Phi) is 6.89. The van der Waals surface area contributed by atoms with E-state index >= 15 is 0 Å². The van der Waals surface area contributed by atoms with Crippen molar-refractivity contribution in [1.29, 1.82) is 0 Å². The summed E-state index contributed by atoms with van der Waals surface area (Å²) < 4.78 is 10.8. The maximum absolute atomic E-state index is 12.3. The first-order valence-corrected chi connectivity index (χ1v) is 10.2. The Hall–Kier alpha value is -1.62. The van der Waals surface area contributed by atoms with E-state index in [4.69, 9.17) is 9.15 Å². The van der Waals surface area contributed by atoms with Crippen LogP contribution in [0.1, 0.15) is 74.4 Å². The average Bonchev–Trinajstić information content (AvgIpc) is 2.66. The Morgan fingerprint density at radius 1 is 1.19 bits per heavy atom. The fraction of sp³-hybridized carbons (Fsp3) is 0.714. The highest BCUT2D eigenvalue weighted by Gasteiger charge is 2.33. The van der Waals surface area contributed by atoms with Crippen molar-refractivity contribution in [2.75, 3.05) is 19.7 Å². The van der Waals surface area contributed by atoms with E-state index in [-0.39, 0.29) is 5.56 Å². The lowest BCUT2D eigenvalue weighted by molar-refractivity contribution is 0.00711. The van der Waals surface area contributed by atoms with Crippen molar-refractivity contribution < 1.29 is 13.9 Å². The Balaban J connectivity index is 1.55. The first-order valence-electron chi connectivity index (χ1n) is 10.2. The van der Waals surface area contributed by atoms with Crippen LogP contribution in [0, 0.1) is 5.92 Å². The van der Waals surface area contributed by atoms with E-state index in [1.165, 1.54) is 19.3 Å². The van der Waals surface area contributed by atoms with Crippen molar-refractivity contribution in [2.24, 2.45) is 5.92 Å². The second-order valence-electron chi connectivity index (χ2n) is 7.66. The Morgan fingerprint density at radius 3 is 2.85 bits per heavy atom. The van der Waals surface area contributed by atoms with Gasteiger partial charge in [0.05, 0.1) is 6.61 Å². The molecule has 0 bridgehead atoms. The minimum Gasteiger partial charge on any atom is -0.462 e. The SMILES string of the molecule is CCCCCc1ccc(C(=O)OCC2CCCN3CCCCC23)c(=O)o1. The summed E-state index contributed by atoms with van der Waals surface area (Å²) in [7, 11) is 0. The number of rotatable bonds is 7. The summed E-state index contributed by atoms with van der Waals surface area (Å²) in [4.78, 5) is 27.0. The van der Waals surface area contributed by atoms with E-state index in [1.807, 2.05) is 0 Å². The number of ether oxygens (including phenoxy) is 1. The number of unbranched alkanes of at least 4 members (excludes halogenated alkanes) is 2. The van der Waals surface area contributed by atoms with Crippen molar-refractivity contribution in [3.05, 3.63) is 33.9 Å². The highest BCUT2D eigenvalue weighted by atomic mass is 16.5. The van der Waals surface area contributed by atoms with Gasteiger partial charge in [-0.3, -0.25) is 4.90 Å². The van der Waals surface area contributed by atoms with Gasteiger partial charge in [0, 0.05) is 18.4 Å². The highest BCUT2D eigenvalue weighted by molar-refractivity contribution is 5.88. The number of hydrogen-bond donors (Lipinski definition) is 0. The molecule has 0 saturated carbocycles. The maximum Gasteiger partial charge on any atom is 0.350 e. The lowest BCUT2D eigenvalue weighted by Crippen LogP contribution is -2.49. The predicted octanol–water partition coefficient (Wildman–Crippen LogP) is 3.79. The monoisotopic (exact) mass is 361 g/mol. The third-order valence-corrected chi connectivity index (χ3v) is 5.78. The van der Waals surface area contributed by atoms with Crippen LogP contribution in [0.3, 0.4) is 0 Å². The summed E-state index contributed by atoms with van der Waals surface area (Å²) in [6, 6.07) is 3.82. The zero-order valence-electron chi connectivity index (χ0n) is 15.9. The summed E-state index contributed by atoms with van der Waals surface area (Å²) in [5, 5.41) is 0. The topological polar surface area (TPSA) is 59.8 Å². The standard InChI is InChI=1S/C21H31NO4/c1-2-3-4-9-17-11-12-18(21(24)26-17)20(23)25-15-16-8-7-14-22-13-6-5-10-19(16)22/h11-12,16,19H,2-10,13-15H2,1H3. The molecule has 5 heteroatoms. The van der Waals surface area contributed by atoms with Crippen LogP contribution >= 0.6 is 0 Å². The van der Waals surface area contributed by atoms with Gasteiger partial charge < -0.3 is 9.15 Å². The fourth-order valence-corrected chi connectivity index (χ4v) is 4.32. The molecule has 3 rings (SSSR count). The smallest absolute Gasteiger partial charge is 0.350 e. The van der Waals surface area contributed by atoms with Crippen LogP contribution in [0.4, 0.5) is 0 Å². The maximum atomic E-state index is 12.3. The van der Waals surface area contributed by atoms with Crippen molar-refractivity contribution in [1.82, 2.24) is 4.90 Å². The van der Waals surface area contributed by atoms with Gasteiger partial charge in [0.25, 0.3) is 0 Å². The molecule has 144 valence electrons. The number of piperidine rings is 2. The fourth-order valence-electron chi connectivity index (χ4n) is 4.32. The van der Waals surface area contributed by atoms with E-state index < -0.39 is 11.6 Å². The number of fused-ring (bicyclic) bond motifs is 1. The molecule has 26 heavy (non-hydrogen) atoms. The summed E-state index contributed by atoms with van der Waals surface area (Å²) in [5.41, 5.74) is -0.563. The van der Waals surface area contributed by atoms with E-state index in [9.17, 15) is 9.59 Å². The molecule has 0 N–H and O–H groups in total. The highest BCUT2D eigenvalue weighted by Crippen LogP contribution is 2.31. The normalized spacial score (nSPS) is 23.4. The largest absolute Gasteiger partial charge is 0.462 e. The van der Waals surface area contributed by atoms with Crippen LogP contribution in [0.5, 0.6) is 0 Å². The summed E-state index contributed by atoms with van der Waals surface area (Å²) >= 11 is 0. The summed E-state index contributed by atoms with van der Waals surface area (Å²) in [6.07, 6.45) is 9.93. The molecule has 5 nitrogen and oxygen atoms in total. The van der Waals surface area contributed by atoms with Gasteiger partial charge in [0.2, 0.25) is 0 Å². The van der Waals surface area contributed by atoms with Gasteiger partial charge >= 0.3 is 11.6 Å². The first kappa shape index (κ1) is 19.2. The molecule has 1 aromatic rings. The molecule has 0 aromatic carbocycles. The number of nitrogens with zero attached hydrogens (tertiary/aromatic N) is 1. The Morgan fingerprint density at radius 2 is 2.04 bits per heavy atom. The molecule has 2 unspecified atom stereocenters. The lowest BCUT2D eigenvalue weighted by atomic mass is 9.84. The summed E-state index contributed by atoms with van der Waals surface area (Å²) in [5.74, 6) is 0.477. The van der Waals surface area contributed by atoms with Crippen LogP contribution in [-0.4, -0.2) is 36.6 Å². The molecule has 3 heterocycles. The zero-order chi connectivity index (χ0) is 18.4. The molecule has 0 spiro atoms. The van der Waals surface area contributed by atoms with Crippen LogP contribution in [-0.2, 0) is 11.2 Å². The first-order chi connectivity index (χ1) is 12.7. The molecule has 0 aliphatic carbocycles. The number of carbonyl (C=O) groups is 1. The molecule has 2 atom stereocenters. The number of aryl methyl sites for hydroxylation is 1. The Labute approximate surface area is 155 Å². The van der Waals surface area contributed by atoms with Gasteiger partial charge in [0.15, 0.2) is 0 Å². The van der Waals surface area contributed by atoms with E-state index in [0.717, 1.165) is 51.6 Å². The van der Waals surface area contributed by atoms with Crippen molar-refractivity contribution >= 4 is 5.97 Å². The molecular formula is C21H31NO4. The molecule has 2 aliphatic heterocycles. The van der Waals surface area contributed by atoms with Gasteiger partial charge in [-0.15, -0.1) is 0 Å². The molecule has 0 amide bonds. The van der Waals surface area contributed by atoms with Crippen molar-refractivity contribution in [2.45, 2.75) is 70.8 Å². The van der Waals surface area contributed by atoms with E-state index in [1.54, 1.807) is 12.1 Å². The van der Waals surface area contributed by atoms with Gasteiger partial charge in [-0.25, -0.2) is 9.59 Å². The third kappa shape index (κ3) is 4.76. The average molecular weight is 361 g/mol. The molecule has 2 aliphatic rings. The second-order valence-corrected chi connectivity index (χ2v) is 7.66. The van der Waals surface area contributed by atoms with Gasteiger partial charge in [-0.2, -0.15) is 0 Å². The Bertz CT molecular complexity index is 652.